The Morgan fingerprint density at radius 3 is 2.35 bits per heavy atom. The van der Waals surface area contributed by atoms with E-state index in [-0.39, 0.29) is 36.8 Å². The fourth-order valence-electron chi connectivity index (χ4n) is 4.86. The van der Waals surface area contributed by atoms with E-state index in [1.807, 2.05) is 61.5 Å². The van der Waals surface area contributed by atoms with Crippen LogP contribution in [0.3, 0.4) is 0 Å². The first kappa shape index (κ1) is 26.4. The van der Waals surface area contributed by atoms with Gasteiger partial charge in [0.1, 0.15) is 17.6 Å². The van der Waals surface area contributed by atoms with Crippen LogP contribution < -0.4 is 10.1 Å². The lowest BCUT2D eigenvalue weighted by Gasteiger charge is -2.33. The molecule has 0 radical (unpaired) electrons. The largest absolute Gasteiger partial charge is 0.484 e. The van der Waals surface area contributed by atoms with Crippen LogP contribution in [-0.4, -0.2) is 35.4 Å². The summed E-state index contributed by atoms with van der Waals surface area (Å²) in [4.78, 5) is 29.0. The van der Waals surface area contributed by atoms with Crippen LogP contribution in [0.4, 0.5) is 4.39 Å². The number of ether oxygens (including phenoxy) is 1. The van der Waals surface area contributed by atoms with Crippen molar-refractivity contribution in [3.8, 4) is 5.75 Å². The minimum atomic E-state index is -0.700. The van der Waals surface area contributed by atoms with E-state index in [9.17, 15) is 14.0 Å². The van der Waals surface area contributed by atoms with E-state index < -0.39 is 6.04 Å². The molecule has 0 heterocycles. The molecule has 0 unspecified atom stereocenters. The Labute approximate surface area is 218 Å². The van der Waals surface area contributed by atoms with Crippen LogP contribution >= 0.6 is 0 Å². The first-order chi connectivity index (χ1) is 18.0. The van der Waals surface area contributed by atoms with Gasteiger partial charge in [-0.15, -0.1) is 0 Å². The van der Waals surface area contributed by atoms with E-state index in [1.165, 1.54) is 30.7 Å². The second-order valence-corrected chi connectivity index (χ2v) is 9.80. The van der Waals surface area contributed by atoms with Crippen molar-refractivity contribution in [1.82, 2.24) is 10.2 Å². The van der Waals surface area contributed by atoms with Gasteiger partial charge >= 0.3 is 0 Å². The Hall–Kier alpha value is -3.67. The number of amides is 2. The van der Waals surface area contributed by atoms with Gasteiger partial charge in [0.05, 0.1) is 0 Å². The van der Waals surface area contributed by atoms with Crippen LogP contribution in [0.25, 0.3) is 0 Å². The number of carbonyl (C=O) groups excluding carboxylic acids is 2. The highest BCUT2D eigenvalue weighted by atomic mass is 19.1. The second-order valence-electron chi connectivity index (χ2n) is 9.80. The van der Waals surface area contributed by atoms with Gasteiger partial charge in [-0.1, -0.05) is 79.4 Å². The van der Waals surface area contributed by atoms with Crippen molar-refractivity contribution in [2.75, 3.05) is 6.61 Å². The predicted molar refractivity (Wildman–Crippen MR) is 143 cm³/mol. The van der Waals surface area contributed by atoms with Crippen molar-refractivity contribution in [3.05, 3.63) is 101 Å². The van der Waals surface area contributed by atoms with Crippen LogP contribution in [-0.2, 0) is 22.6 Å². The number of rotatable bonds is 10. The molecule has 194 valence electrons. The molecule has 5 nitrogen and oxygen atoms in total. The molecule has 37 heavy (non-hydrogen) atoms. The highest BCUT2D eigenvalue weighted by molar-refractivity contribution is 5.88. The molecule has 0 spiro atoms. The lowest BCUT2D eigenvalue weighted by atomic mass is 9.94. The summed E-state index contributed by atoms with van der Waals surface area (Å²) < 4.78 is 19.0. The number of halogens is 1. The summed E-state index contributed by atoms with van der Waals surface area (Å²) in [6.45, 7) is 2.03. The molecule has 1 aliphatic rings. The molecule has 1 fully saturated rings. The molecule has 3 aromatic rings. The Bertz CT molecular complexity index is 1160. The Morgan fingerprint density at radius 2 is 1.65 bits per heavy atom. The predicted octanol–water partition coefficient (Wildman–Crippen LogP) is 5.60. The van der Waals surface area contributed by atoms with Crippen LogP contribution in [0.1, 0.15) is 48.8 Å². The van der Waals surface area contributed by atoms with Crippen molar-refractivity contribution in [1.29, 1.82) is 0 Å². The minimum Gasteiger partial charge on any atom is -0.484 e. The molecule has 1 aliphatic carbocycles. The third-order valence-corrected chi connectivity index (χ3v) is 6.83. The van der Waals surface area contributed by atoms with E-state index in [0.717, 1.165) is 42.4 Å². The van der Waals surface area contributed by atoms with E-state index in [0.29, 0.717) is 12.2 Å². The number of nitrogens with one attached hydrogen (secondary N) is 1. The van der Waals surface area contributed by atoms with E-state index in [4.69, 9.17) is 4.74 Å². The Morgan fingerprint density at radius 1 is 0.946 bits per heavy atom. The molecule has 1 atom stereocenters. The number of aryl methyl sites for hydroxylation is 1. The lowest BCUT2D eigenvalue weighted by molar-refractivity contribution is -0.143. The number of benzene rings is 3. The molecule has 1 saturated carbocycles. The van der Waals surface area contributed by atoms with Crippen molar-refractivity contribution in [3.63, 3.8) is 0 Å². The maximum Gasteiger partial charge on any atom is 0.261 e. The van der Waals surface area contributed by atoms with Crippen LogP contribution in [0.15, 0.2) is 78.9 Å². The lowest BCUT2D eigenvalue weighted by Crippen LogP contribution is -2.53. The third kappa shape index (κ3) is 7.91. The monoisotopic (exact) mass is 502 g/mol. The van der Waals surface area contributed by atoms with E-state index >= 15 is 0 Å². The highest BCUT2D eigenvalue weighted by Gasteiger charge is 2.32. The van der Waals surface area contributed by atoms with Gasteiger partial charge in [0.2, 0.25) is 5.91 Å². The zero-order valence-electron chi connectivity index (χ0n) is 21.4. The summed E-state index contributed by atoms with van der Waals surface area (Å²) in [5.41, 5.74) is 3.00. The standard InChI is InChI=1S/C31H35FN2O3/c1-23-9-8-12-25(19-23)21-34(30(35)22-37-28-17-15-26(32)16-18-28)29(20-24-10-4-2-5-11-24)31(36)33-27-13-6-3-7-14-27/h2,4-5,8-12,15-19,27,29H,3,6-7,13-14,20-22H2,1H3,(H,33,36)/t29-/m0/s1. The van der Waals surface area contributed by atoms with Crippen LogP contribution in [0.5, 0.6) is 5.75 Å². The highest BCUT2D eigenvalue weighted by Crippen LogP contribution is 2.20. The van der Waals surface area contributed by atoms with E-state index in [1.54, 1.807) is 4.90 Å². The van der Waals surface area contributed by atoms with Gasteiger partial charge in [-0.25, -0.2) is 4.39 Å². The molecule has 3 aromatic carbocycles. The maximum absolute atomic E-state index is 13.7. The molecule has 0 aromatic heterocycles. The summed E-state index contributed by atoms with van der Waals surface area (Å²) in [5, 5.41) is 3.24. The van der Waals surface area contributed by atoms with Crippen molar-refractivity contribution in [2.24, 2.45) is 0 Å². The zero-order valence-corrected chi connectivity index (χ0v) is 21.4. The first-order valence-electron chi connectivity index (χ1n) is 13.1. The topological polar surface area (TPSA) is 58.6 Å². The van der Waals surface area contributed by atoms with E-state index in [2.05, 4.69) is 5.32 Å². The number of nitrogens with zero attached hydrogens (tertiary/aromatic N) is 1. The number of hydrogen-bond acceptors (Lipinski definition) is 3. The molecule has 4 rings (SSSR count). The zero-order chi connectivity index (χ0) is 26.0. The Kier molecular flexibility index (Phi) is 9.30. The molecular weight excluding hydrogens is 467 g/mol. The number of hydrogen-bond donors (Lipinski definition) is 1. The van der Waals surface area contributed by atoms with Crippen molar-refractivity contribution >= 4 is 11.8 Å². The van der Waals surface area contributed by atoms with Gasteiger partial charge in [-0.05, 0) is 55.2 Å². The summed E-state index contributed by atoms with van der Waals surface area (Å²) in [6, 6.07) is 22.7. The molecule has 0 bridgehead atoms. The summed E-state index contributed by atoms with van der Waals surface area (Å²) >= 11 is 0. The average Bonchev–Trinajstić information content (AvgIpc) is 2.91. The van der Waals surface area contributed by atoms with Gasteiger partial charge in [0.15, 0.2) is 6.61 Å². The molecule has 2 amide bonds. The normalized spacial score (nSPS) is 14.5. The summed E-state index contributed by atoms with van der Waals surface area (Å²) in [7, 11) is 0. The molecule has 0 aliphatic heterocycles. The van der Waals surface area contributed by atoms with Crippen LogP contribution in [0, 0.1) is 12.7 Å². The molecular formula is C31H35FN2O3. The SMILES string of the molecule is Cc1cccc(CN(C(=O)COc2ccc(F)cc2)[C@@H](Cc2ccccc2)C(=O)NC2CCCCC2)c1. The van der Waals surface area contributed by atoms with Gasteiger partial charge in [0, 0.05) is 19.0 Å². The minimum absolute atomic E-state index is 0.130. The Balaban J connectivity index is 1.60. The molecule has 1 N–H and O–H groups in total. The van der Waals surface area contributed by atoms with Gasteiger partial charge in [-0.3, -0.25) is 9.59 Å². The average molecular weight is 503 g/mol. The summed E-state index contributed by atoms with van der Waals surface area (Å²) in [6.07, 6.45) is 5.72. The molecule has 6 heteroatoms. The van der Waals surface area contributed by atoms with Crippen LogP contribution in [0.2, 0.25) is 0 Å². The van der Waals surface area contributed by atoms with Gasteiger partial charge in [0.25, 0.3) is 5.91 Å². The third-order valence-electron chi connectivity index (χ3n) is 6.83. The first-order valence-corrected chi connectivity index (χ1v) is 13.1. The summed E-state index contributed by atoms with van der Waals surface area (Å²) in [5.74, 6) is -0.414. The molecule has 0 saturated heterocycles. The van der Waals surface area contributed by atoms with Gasteiger partial charge in [-0.2, -0.15) is 0 Å². The van der Waals surface area contributed by atoms with Gasteiger partial charge < -0.3 is 15.0 Å². The smallest absolute Gasteiger partial charge is 0.261 e. The van der Waals surface area contributed by atoms with Crippen molar-refractivity contribution < 1.29 is 18.7 Å². The maximum atomic E-state index is 13.7. The fraction of sp³-hybridized carbons (Fsp3) is 0.355. The number of carbonyl (C=O) groups is 2. The fourth-order valence-corrected chi connectivity index (χ4v) is 4.86. The van der Waals surface area contributed by atoms with Crippen molar-refractivity contribution in [2.45, 2.75) is 64.1 Å². The second kappa shape index (κ2) is 13.0. The quantitative estimate of drug-likeness (QED) is 0.393.